The Morgan fingerprint density at radius 1 is 0.857 bits per heavy atom. The molecule has 0 unspecified atom stereocenters. The van der Waals surface area contributed by atoms with Crippen LogP contribution in [-0.4, -0.2) is 35.9 Å². The van der Waals surface area contributed by atoms with Crippen LogP contribution in [0.4, 0.5) is 0 Å². The van der Waals surface area contributed by atoms with E-state index in [-0.39, 0.29) is 23.8 Å². The zero-order chi connectivity index (χ0) is 25.3. The number of amides is 2. The van der Waals surface area contributed by atoms with Crippen LogP contribution in [0.3, 0.4) is 0 Å². The molecule has 0 aliphatic rings. The van der Waals surface area contributed by atoms with Gasteiger partial charge in [-0.1, -0.05) is 93.6 Å². The molecule has 184 valence electrons. The molecule has 0 spiro atoms. The number of ether oxygens (including phenoxy) is 1. The predicted octanol–water partition coefficient (Wildman–Crippen LogP) is 5.14. The predicted molar refractivity (Wildman–Crippen MR) is 140 cm³/mol. The van der Waals surface area contributed by atoms with Gasteiger partial charge < -0.3 is 15.0 Å². The van der Waals surface area contributed by atoms with Crippen molar-refractivity contribution in [3.05, 3.63) is 102 Å². The molecule has 0 heterocycles. The first kappa shape index (κ1) is 26.0. The van der Waals surface area contributed by atoms with E-state index in [0.29, 0.717) is 25.3 Å². The van der Waals surface area contributed by atoms with Crippen molar-refractivity contribution >= 4 is 11.8 Å². The highest BCUT2D eigenvalue weighted by molar-refractivity contribution is 5.88. The molecule has 0 saturated carbocycles. The largest absolute Gasteiger partial charge is 0.484 e. The Balaban J connectivity index is 1.83. The van der Waals surface area contributed by atoms with Crippen LogP contribution in [0.1, 0.15) is 44.4 Å². The van der Waals surface area contributed by atoms with Gasteiger partial charge in [0.2, 0.25) is 5.91 Å². The van der Waals surface area contributed by atoms with Gasteiger partial charge >= 0.3 is 0 Å². The molecule has 35 heavy (non-hydrogen) atoms. The number of carbonyl (C=O) groups excluding carboxylic acids is 2. The van der Waals surface area contributed by atoms with Crippen LogP contribution in [0.25, 0.3) is 0 Å². The van der Waals surface area contributed by atoms with Gasteiger partial charge in [-0.05, 0) is 41.2 Å². The molecule has 0 fully saturated rings. The quantitative estimate of drug-likeness (QED) is 0.445. The molecule has 0 aliphatic heterocycles. The maximum absolute atomic E-state index is 13.5. The fraction of sp³-hybridized carbons (Fsp3) is 0.333. The molecule has 0 radical (unpaired) electrons. The van der Waals surface area contributed by atoms with Crippen molar-refractivity contribution in [3.8, 4) is 5.75 Å². The van der Waals surface area contributed by atoms with E-state index < -0.39 is 6.04 Å². The Morgan fingerprint density at radius 3 is 1.97 bits per heavy atom. The summed E-state index contributed by atoms with van der Waals surface area (Å²) >= 11 is 0. The normalized spacial score (nSPS) is 12.0. The van der Waals surface area contributed by atoms with Crippen LogP contribution in [0.15, 0.2) is 84.9 Å². The first-order valence-corrected chi connectivity index (χ1v) is 12.2. The summed E-state index contributed by atoms with van der Waals surface area (Å²) in [7, 11) is 0. The van der Waals surface area contributed by atoms with Crippen molar-refractivity contribution in [2.24, 2.45) is 0 Å². The molecule has 5 nitrogen and oxygen atoms in total. The molecular formula is C30H36N2O3. The van der Waals surface area contributed by atoms with Crippen LogP contribution in [0.2, 0.25) is 0 Å². The minimum absolute atomic E-state index is 0.0398. The van der Waals surface area contributed by atoms with E-state index >= 15 is 0 Å². The van der Waals surface area contributed by atoms with Crippen LogP contribution in [0, 0.1) is 0 Å². The minimum atomic E-state index is -0.656. The SMILES string of the molecule is CCNC(=O)[C@H](Cc1ccccc1)N(Cc1ccccc1)C(=O)COc1ccc(C(C)(C)C)cc1. The fourth-order valence-corrected chi connectivity index (χ4v) is 3.91. The number of hydrogen-bond acceptors (Lipinski definition) is 3. The molecule has 5 heteroatoms. The van der Waals surface area contributed by atoms with E-state index in [1.165, 1.54) is 5.56 Å². The lowest BCUT2D eigenvalue weighted by Crippen LogP contribution is -2.51. The third kappa shape index (κ3) is 7.71. The number of benzene rings is 3. The van der Waals surface area contributed by atoms with Gasteiger partial charge in [-0.15, -0.1) is 0 Å². The second-order valence-electron chi connectivity index (χ2n) is 9.67. The minimum Gasteiger partial charge on any atom is -0.484 e. The number of rotatable bonds is 10. The summed E-state index contributed by atoms with van der Waals surface area (Å²) in [5, 5.41) is 2.91. The molecule has 1 N–H and O–H groups in total. The molecule has 0 aliphatic carbocycles. The van der Waals surface area contributed by atoms with Gasteiger partial charge in [0.05, 0.1) is 0 Å². The lowest BCUT2D eigenvalue weighted by molar-refractivity contribution is -0.142. The second-order valence-corrected chi connectivity index (χ2v) is 9.67. The van der Waals surface area contributed by atoms with E-state index in [2.05, 4.69) is 26.1 Å². The van der Waals surface area contributed by atoms with E-state index in [1.807, 2.05) is 91.9 Å². The average Bonchev–Trinajstić information content (AvgIpc) is 2.86. The molecular weight excluding hydrogens is 436 g/mol. The van der Waals surface area contributed by atoms with Crippen molar-refractivity contribution in [1.82, 2.24) is 10.2 Å². The van der Waals surface area contributed by atoms with Crippen LogP contribution in [-0.2, 0) is 28.0 Å². The Bertz CT molecular complexity index is 1070. The van der Waals surface area contributed by atoms with Crippen molar-refractivity contribution < 1.29 is 14.3 Å². The second kappa shape index (κ2) is 12.2. The summed E-state index contributed by atoms with van der Waals surface area (Å²) in [6.07, 6.45) is 0.422. The highest BCUT2D eigenvalue weighted by atomic mass is 16.5. The maximum atomic E-state index is 13.5. The Kier molecular flexibility index (Phi) is 9.07. The number of hydrogen-bond donors (Lipinski definition) is 1. The highest BCUT2D eigenvalue weighted by Gasteiger charge is 2.30. The molecule has 0 saturated heterocycles. The Labute approximate surface area is 209 Å². The van der Waals surface area contributed by atoms with Gasteiger partial charge in [0.15, 0.2) is 6.61 Å². The molecule has 3 aromatic rings. The fourth-order valence-electron chi connectivity index (χ4n) is 3.91. The average molecular weight is 473 g/mol. The zero-order valence-electron chi connectivity index (χ0n) is 21.2. The van der Waals surface area contributed by atoms with Gasteiger partial charge in [0.25, 0.3) is 5.91 Å². The third-order valence-electron chi connectivity index (χ3n) is 5.90. The first-order chi connectivity index (χ1) is 16.8. The van der Waals surface area contributed by atoms with Crippen molar-refractivity contribution in [3.63, 3.8) is 0 Å². The lowest BCUT2D eigenvalue weighted by Gasteiger charge is -2.31. The third-order valence-corrected chi connectivity index (χ3v) is 5.90. The van der Waals surface area contributed by atoms with E-state index in [1.54, 1.807) is 4.90 Å². The molecule has 1 atom stereocenters. The first-order valence-electron chi connectivity index (χ1n) is 12.2. The van der Waals surface area contributed by atoms with E-state index in [4.69, 9.17) is 4.74 Å². The number of nitrogens with zero attached hydrogens (tertiary/aromatic N) is 1. The van der Waals surface area contributed by atoms with Crippen LogP contribution >= 0.6 is 0 Å². The summed E-state index contributed by atoms with van der Waals surface area (Å²) in [4.78, 5) is 28.3. The van der Waals surface area contributed by atoms with Crippen molar-refractivity contribution in [1.29, 1.82) is 0 Å². The summed E-state index contributed by atoms with van der Waals surface area (Å²) in [5.74, 6) is 0.222. The van der Waals surface area contributed by atoms with Crippen LogP contribution < -0.4 is 10.1 Å². The molecule has 3 rings (SSSR count). The number of likely N-dealkylation sites (N-methyl/N-ethyl adjacent to an activating group) is 1. The number of carbonyl (C=O) groups is 2. The molecule has 2 amide bonds. The summed E-state index contributed by atoms with van der Waals surface area (Å²) < 4.78 is 5.87. The maximum Gasteiger partial charge on any atom is 0.261 e. The highest BCUT2D eigenvalue weighted by Crippen LogP contribution is 2.24. The molecule has 0 aromatic heterocycles. The monoisotopic (exact) mass is 472 g/mol. The van der Waals surface area contributed by atoms with Gasteiger partial charge in [-0.2, -0.15) is 0 Å². The standard InChI is InChI=1S/C30H36N2O3/c1-5-31-29(34)27(20-23-12-8-6-9-13-23)32(21-24-14-10-7-11-15-24)28(33)22-35-26-18-16-25(17-19-26)30(2,3)4/h6-19,27H,5,20-22H2,1-4H3,(H,31,34)/t27-/m0/s1. The van der Waals surface area contributed by atoms with Gasteiger partial charge in [-0.25, -0.2) is 0 Å². The molecule has 0 bridgehead atoms. The molecule has 3 aromatic carbocycles. The summed E-state index contributed by atoms with van der Waals surface area (Å²) in [5.41, 5.74) is 3.19. The van der Waals surface area contributed by atoms with E-state index in [0.717, 1.165) is 11.1 Å². The Hall–Kier alpha value is -3.60. The smallest absolute Gasteiger partial charge is 0.261 e. The summed E-state index contributed by atoms with van der Waals surface area (Å²) in [6.45, 7) is 9.01. The topological polar surface area (TPSA) is 58.6 Å². The number of nitrogens with one attached hydrogen (secondary N) is 1. The van der Waals surface area contributed by atoms with E-state index in [9.17, 15) is 9.59 Å². The van der Waals surface area contributed by atoms with Gasteiger partial charge in [-0.3, -0.25) is 9.59 Å². The lowest BCUT2D eigenvalue weighted by atomic mass is 9.87. The summed E-state index contributed by atoms with van der Waals surface area (Å²) in [6, 6.07) is 26.7. The van der Waals surface area contributed by atoms with Crippen LogP contribution in [0.5, 0.6) is 5.75 Å². The Morgan fingerprint density at radius 2 is 1.43 bits per heavy atom. The van der Waals surface area contributed by atoms with Crippen molar-refractivity contribution in [2.45, 2.75) is 52.1 Å². The van der Waals surface area contributed by atoms with Crippen molar-refractivity contribution in [2.75, 3.05) is 13.2 Å². The van der Waals surface area contributed by atoms with Gasteiger partial charge in [0, 0.05) is 19.5 Å². The van der Waals surface area contributed by atoms with Gasteiger partial charge in [0.1, 0.15) is 11.8 Å². The zero-order valence-corrected chi connectivity index (χ0v) is 21.2.